The molecule has 0 spiro atoms. The Morgan fingerprint density at radius 2 is 1.85 bits per heavy atom. The SMILES string of the molecule is CC(C)(CC1CCC(C=CS(C)(=O)=O)CC1)OC(N)=O. The number of ether oxygens (including phenoxy) is 1. The highest BCUT2D eigenvalue weighted by atomic mass is 32.2. The molecule has 0 heterocycles. The molecule has 0 aliphatic heterocycles. The van der Waals surface area contributed by atoms with Gasteiger partial charge in [0.15, 0.2) is 9.84 Å². The molecule has 0 unspecified atom stereocenters. The Morgan fingerprint density at radius 1 is 1.30 bits per heavy atom. The van der Waals surface area contributed by atoms with Crippen molar-refractivity contribution in [2.75, 3.05) is 6.26 Å². The fourth-order valence-electron chi connectivity index (χ4n) is 2.85. The van der Waals surface area contributed by atoms with Gasteiger partial charge in [0.05, 0.1) is 0 Å². The Labute approximate surface area is 121 Å². The van der Waals surface area contributed by atoms with Crippen LogP contribution in [0.1, 0.15) is 46.0 Å². The Bertz CT molecular complexity index is 460. The summed E-state index contributed by atoms with van der Waals surface area (Å²) in [6.07, 6.45) is 7.05. The summed E-state index contributed by atoms with van der Waals surface area (Å²) < 4.78 is 27.3. The van der Waals surface area contributed by atoms with Crippen LogP contribution >= 0.6 is 0 Å². The van der Waals surface area contributed by atoms with Crippen LogP contribution in [0, 0.1) is 11.8 Å². The van der Waals surface area contributed by atoms with Gasteiger partial charge in [-0.2, -0.15) is 0 Å². The first-order chi connectivity index (χ1) is 9.07. The highest BCUT2D eigenvalue weighted by molar-refractivity contribution is 7.93. The number of allylic oxidation sites excluding steroid dienone is 1. The number of hydrogen-bond acceptors (Lipinski definition) is 4. The molecule has 6 heteroatoms. The van der Waals surface area contributed by atoms with Crippen molar-refractivity contribution in [2.45, 2.75) is 51.6 Å². The van der Waals surface area contributed by atoms with Crippen molar-refractivity contribution in [2.24, 2.45) is 17.6 Å². The third kappa shape index (κ3) is 6.93. The molecule has 116 valence electrons. The predicted molar refractivity (Wildman–Crippen MR) is 78.8 cm³/mol. The lowest BCUT2D eigenvalue weighted by atomic mass is 9.77. The highest BCUT2D eigenvalue weighted by Crippen LogP contribution is 2.35. The van der Waals surface area contributed by atoms with Crippen LogP contribution in [0.3, 0.4) is 0 Å². The van der Waals surface area contributed by atoms with Crippen LogP contribution in [0.2, 0.25) is 0 Å². The van der Waals surface area contributed by atoms with Crippen molar-refractivity contribution in [3.8, 4) is 0 Å². The predicted octanol–water partition coefficient (Wildman–Crippen LogP) is 2.62. The maximum absolute atomic E-state index is 11.1. The first kappa shape index (κ1) is 17.0. The molecule has 1 fully saturated rings. The van der Waals surface area contributed by atoms with E-state index < -0.39 is 21.5 Å². The van der Waals surface area contributed by atoms with Crippen molar-refractivity contribution in [1.82, 2.24) is 0 Å². The zero-order chi connectivity index (χ0) is 15.4. The number of carbonyl (C=O) groups is 1. The zero-order valence-electron chi connectivity index (χ0n) is 12.5. The average Bonchev–Trinajstić information content (AvgIpc) is 2.24. The molecular formula is C14H25NO4S. The van der Waals surface area contributed by atoms with E-state index in [1.807, 2.05) is 13.8 Å². The van der Waals surface area contributed by atoms with Crippen molar-refractivity contribution in [3.05, 3.63) is 11.5 Å². The van der Waals surface area contributed by atoms with E-state index >= 15 is 0 Å². The number of nitrogens with two attached hydrogens (primary N) is 1. The third-order valence-electron chi connectivity index (χ3n) is 3.65. The summed E-state index contributed by atoms with van der Waals surface area (Å²) in [5, 5.41) is 1.30. The summed E-state index contributed by atoms with van der Waals surface area (Å²) in [7, 11) is -3.03. The minimum atomic E-state index is -3.03. The van der Waals surface area contributed by atoms with E-state index in [-0.39, 0.29) is 0 Å². The van der Waals surface area contributed by atoms with E-state index in [1.165, 1.54) is 11.7 Å². The Balaban J connectivity index is 2.43. The monoisotopic (exact) mass is 303 g/mol. The standard InChI is InChI=1S/C14H25NO4S/c1-14(2,19-13(15)16)10-12-6-4-11(5-7-12)8-9-20(3,17)18/h8-9,11-12H,4-7,10H2,1-3H3,(H2,15,16). The molecule has 0 bridgehead atoms. The van der Waals surface area contributed by atoms with Crippen LogP contribution in [0.15, 0.2) is 11.5 Å². The summed E-state index contributed by atoms with van der Waals surface area (Å²) in [4.78, 5) is 10.8. The number of primary amides is 1. The second kappa shape index (κ2) is 6.61. The van der Waals surface area contributed by atoms with Gasteiger partial charge in [0.1, 0.15) is 5.60 Å². The molecule has 1 amide bonds. The largest absolute Gasteiger partial charge is 0.444 e. The molecule has 2 N–H and O–H groups in total. The number of hydrogen-bond donors (Lipinski definition) is 1. The minimum absolute atomic E-state index is 0.334. The first-order valence-corrected chi connectivity index (χ1v) is 8.89. The zero-order valence-corrected chi connectivity index (χ0v) is 13.3. The van der Waals surface area contributed by atoms with Crippen LogP contribution in [-0.4, -0.2) is 26.4 Å². The van der Waals surface area contributed by atoms with Gasteiger partial charge in [-0.15, -0.1) is 0 Å². The summed E-state index contributed by atoms with van der Waals surface area (Å²) >= 11 is 0. The van der Waals surface area contributed by atoms with E-state index in [0.717, 1.165) is 32.1 Å². The van der Waals surface area contributed by atoms with Crippen LogP contribution in [0.25, 0.3) is 0 Å². The molecule has 1 aliphatic carbocycles. The Kier molecular flexibility index (Phi) is 5.62. The molecule has 20 heavy (non-hydrogen) atoms. The molecule has 1 aliphatic rings. The van der Waals surface area contributed by atoms with Crippen LogP contribution < -0.4 is 5.73 Å². The molecule has 0 saturated heterocycles. The van der Waals surface area contributed by atoms with Crippen molar-refractivity contribution >= 4 is 15.9 Å². The van der Waals surface area contributed by atoms with E-state index in [4.69, 9.17) is 10.5 Å². The third-order valence-corrected chi connectivity index (χ3v) is 4.30. The van der Waals surface area contributed by atoms with Crippen molar-refractivity contribution in [1.29, 1.82) is 0 Å². The maximum Gasteiger partial charge on any atom is 0.405 e. The highest BCUT2D eigenvalue weighted by Gasteiger charge is 2.29. The normalized spacial score (nSPS) is 24.8. The lowest BCUT2D eigenvalue weighted by Crippen LogP contribution is -2.34. The smallest absolute Gasteiger partial charge is 0.405 e. The Hall–Kier alpha value is -1.04. The van der Waals surface area contributed by atoms with E-state index in [1.54, 1.807) is 6.08 Å². The van der Waals surface area contributed by atoms with Gasteiger partial charge in [0.25, 0.3) is 0 Å². The van der Waals surface area contributed by atoms with Gasteiger partial charge in [-0.05, 0) is 57.8 Å². The number of carbonyl (C=O) groups excluding carboxylic acids is 1. The topological polar surface area (TPSA) is 86.5 Å². The van der Waals surface area contributed by atoms with E-state index in [9.17, 15) is 13.2 Å². The average molecular weight is 303 g/mol. The summed E-state index contributed by atoms with van der Waals surface area (Å²) in [5.74, 6) is 0.827. The minimum Gasteiger partial charge on any atom is -0.444 e. The summed E-state index contributed by atoms with van der Waals surface area (Å²) in [6.45, 7) is 3.74. The van der Waals surface area contributed by atoms with Crippen molar-refractivity contribution < 1.29 is 17.9 Å². The second-order valence-corrected chi connectivity index (χ2v) is 8.25. The van der Waals surface area contributed by atoms with E-state index in [2.05, 4.69) is 0 Å². The summed E-state index contributed by atoms with van der Waals surface area (Å²) in [6, 6.07) is 0. The quantitative estimate of drug-likeness (QED) is 0.845. The summed E-state index contributed by atoms with van der Waals surface area (Å²) in [5.41, 5.74) is 4.52. The molecule has 0 atom stereocenters. The molecule has 0 radical (unpaired) electrons. The molecule has 1 rings (SSSR count). The van der Waals surface area contributed by atoms with Crippen LogP contribution in [-0.2, 0) is 14.6 Å². The lowest BCUT2D eigenvalue weighted by molar-refractivity contribution is 0.0207. The van der Waals surface area contributed by atoms with Gasteiger partial charge >= 0.3 is 6.09 Å². The van der Waals surface area contributed by atoms with E-state index in [0.29, 0.717) is 11.8 Å². The van der Waals surface area contributed by atoms with Gasteiger partial charge in [-0.25, -0.2) is 13.2 Å². The van der Waals surface area contributed by atoms with Gasteiger partial charge in [0, 0.05) is 11.7 Å². The first-order valence-electron chi connectivity index (χ1n) is 6.94. The van der Waals surface area contributed by atoms with Gasteiger partial charge in [0.2, 0.25) is 0 Å². The van der Waals surface area contributed by atoms with Crippen molar-refractivity contribution in [3.63, 3.8) is 0 Å². The fourth-order valence-corrected chi connectivity index (χ4v) is 3.36. The molecule has 0 aromatic carbocycles. The lowest BCUT2D eigenvalue weighted by Gasteiger charge is -2.33. The molecule has 0 aromatic rings. The van der Waals surface area contributed by atoms with Gasteiger partial charge in [-0.1, -0.05) is 6.08 Å². The number of amides is 1. The molecular weight excluding hydrogens is 278 g/mol. The second-order valence-electron chi connectivity index (χ2n) is 6.32. The number of sulfone groups is 1. The number of rotatable bonds is 5. The van der Waals surface area contributed by atoms with Gasteiger partial charge in [-0.3, -0.25) is 0 Å². The molecule has 5 nitrogen and oxygen atoms in total. The Morgan fingerprint density at radius 3 is 2.30 bits per heavy atom. The van der Waals surface area contributed by atoms with Gasteiger partial charge < -0.3 is 10.5 Å². The molecule has 0 aromatic heterocycles. The molecule has 1 saturated carbocycles. The van der Waals surface area contributed by atoms with Crippen LogP contribution in [0.5, 0.6) is 0 Å². The van der Waals surface area contributed by atoms with Crippen LogP contribution in [0.4, 0.5) is 4.79 Å². The maximum atomic E-state index is 11.1. The fraction of sp³-hybridized carbons (Fsp3) is 0.786.